The molecular weight excluding hydrogens is 284 g/mol. The van der Waals surface area contributed by atoms with E-state index in [1.807, 2.05) is 12.1 Å². The van der Waals surface area contributed by atoms with Crippen LogP contribution in [0.1, 0.15) is 17.7 Å². The molecule has 0 aromatic carbocycles. The van der Waals surface area contributed by atoms with Crippen LogP contribution in [0, 0.1) is 16.7 Å². The number of amides is 1. The zero-order chi connectivity index (χ0) is 13.9. The van der Waals surface area contributed by atoms with Crippen LogP contribution in [-0.2, 0) is 16.1 Å². The van der Waals surface area contributed by atoms with Crippen molar-refractivity contribution in [1.82, 2.24) is 4.90 Å². The number of halogens is 1. The minimum absolute atomic E-state index is 0.122. The molecule has 1 aliphatic heterocycles. The normalized spacial score (nSPS) is 17.7. The number of hydrogen-bond donors (Lipinski definition) is 0. The van der Waals surface area contributed by atoms with Crippen molar-refractivity contribution in [3.05, 3.63) is 21.3 Å². The molecule has 0 N–H and O–H groups in total. The maximum Gasteiger partial charge on any atom is 0.243 e. The number of nitrogens with zero attached hydrogens (tertiary/aromatic N) is 2. The van der Waals surface area contributed by atoms with Crippen molar-refractivity contribution in [1.29, 1.82) is 5.26 Å². The lowest BCUT2D eigenvalue weighted by Gasteiger charge is -2.32. The predicted octanol–water partition coefficient (Wildman–Crippen LogP) is 2.68. The molecule has 2 heterocycles. The summed E-state index contributed by atoms with van der Waals surface area (Å²) in [5, 5.41) is 9.36. The fourth-order valence-electron chi connectivity index (χ4n) is 2.20. The second kappa shape index (κ2) is 5.91. The summed E-state index contributed by atoms with van der Waals surface area (Å²) in [6.45, 7) is 1.43. The third-order valence-electron chi connectivity index (χ3n) is 3.34. The quantitative estimate of drug-likeness (QED) is 0.862. The van der Waals surface area contributed by atoms with Gasteiger partial charge in [-0.3, -0.25) is 4.79 Å². The van der Waals surface area contributed by atoms with E-state index in [2.05, 4.69) is 6.07 Å². The Labute approximate surface area is 121 Å². The molecular formula is C13H15ClN2O2S. The molecule has 0 spiro atoms. The van der Waals surface area contributed by atoms with Gasteiger partial charge >= 0.3 is 0 Å². The molecule has 1 saturated heterocycles. The van der Waals surface area contributed by atoms with E-state index in [0.717, 1.165) is 4.88 Å². The fraction of sp³-hybridized carbons (Fsp3) is 0.538. The lowest BCUT2D eigenvalue weighted by Crippen LogP contribution is -2.44. The summed E-state index contributed by atoms with van der Waals surface area (Å²) >= 11 is 7.32. The molecule has 1 fully saturated rings. The topological polar surface area (TPSA) is 53.3 Å². The molecule has 2 rings (SSSR count). The Morgan fingerprint density at radius 1 is 1.58 bits per heavy atom. The highest BCUT2D eigenvalue weighted by molar-refractivity contribution is 7.16. The molecule has 1 aromatic rings. The van der Waals surface area contributed by atoms with Gasteiger partial charge in [-0.05, 0) is 25.0 Å². The van der Waals surface area contributed by atoms with E-state index in [0.29, 0.717) is 36.9 Å². The van der Waals surface area contributed by atoms with Gasteiger partial charge < -0.3 is 9.64 Å². The van der Waals surface area contributed by atoms with Crippen LogP contribution in [0.15, 0.2) is 12.1 Å². The van der Waals surface area contributed by atoms with Gasteiger partial charge in [-0.1, -0.05) is 11.6 Å². The summed E-state index contributed by atoms with van der Waals surface area (Å²) in [6, 6.07) is 5.91. The van der Waals surface area contributed by atoms with Gasteiger partial charge in [0.1, 0.15) is 5.41 Å². The number of thiophene rings is 1. The predicted molar refractivity (Wildman–Crippen MR) is 73.9 cm³/mol. The number of hydrogen-bond acceptors (Lipinski definition) is 4. The van der Waals surface area contributed by atoms with Gasteiger partial charge in [0.25, 0.3) is 0 Å². The zero-order valence-electron chi connectivity index (χ0n) is 10.7. The molecule has 6 heteroatoms. The third kappa shape index (κ3) is 3.08. The average Bonchev–Trinajstić information content (AvgIpc) is 2.84. The molecule has 0 atom stereocenters. The SMILES string of the molecule is CN(Cc1ccc(Cl)s1)C(=O)C1(C#N)CCOCC1. The maximum atomic E-state index is 12.5. The molecule has 102 valence electrons. The number of rotatable bonds is 3. The van der Waals surface area contributed by atoms with Crippen LogP contribution < -0.4 is 0 Å². The van der Waals surface area contributed by atoms with Gasteiger partial charge in [0, 0.05) is 25.1 Å². The van der Waals surface area contributed by atoms with Crippen LogP contribution >= 0.6 is 22.9 Å². The summed E-state index contributed by atoms with van der Waals surface area (Å²) in [4.78, 5) is 15.1. The molecule has 1 amide bonds. The molecule has 0 aliphatic carbocycles. The lowest BCUT2D eigenvalue weighted by molar-refractivity contribution is -0.142. The highest BCUT2D eigenvalue weighted by atomic mass is 35.5. The van der Waals surface area contributed by atoms with E-state index in [1.165, 1.54) is 11.3 Å². The Balaban J connectivity index is 2.07. The molecule has 19 heavy (non-hydrogen) atoms. The van der Waals surface area contributed by atoms with Crippen LogP contribution in [-0.4, -0.2) is 31.1 Å². The van der Waals surface area contributed by atoms with Gasteiger partial charge in [0.15, 0.2) is 0 Å². The Morgan fingerprint density at radius 2 is 2.26 bits per heavy atom. The molecule has 0 saturated carbocycles. The van der Waals surface area contributed by atoms with E-state index >= 15 is 0 Å². The molecule has 1 aliphatic rings. The fourth-order valence-corrected chi connectivity index (χ4v) is 3.34. The standard InChI is InChI=1S/C13H15ClN2O2S/c1-16(8-10-2-3-11(14)19-10)12(17)13(9-15)4-6-18-7-5-13/h2-3H,4-8H2,1H3. The van der Waals surface area contributed by atoms with Gasteiger partial charge in [0.05, 0.1) is 17.0 Å². The van der Waals surface area contributed by atoms with Crippen LogP contribution in [0.4, 0.5) is 0 Å². The van der Waals surface area contributed by atoms with Crippen LogP contribution in [0.25, 0.3) is 0 Å². The van der Waals surface area contributed by atoms with Crippen molar-refractivity contribution in [2.24, 2.45) is 5.41 Å². The molecule has 4 nitrogen and oxygen atoms in total. The van der Waals surface area contributed by atoms with Gasteiger partial charge in [0.2, 0.25) is 5.91 Å². The summed E-state index contributed by atoms with van der Waals surface area (Å²) in [5.74, 6) is -0.122. The van der Waals surface area contributed by atoms with E-state index in [9.17, 15) is 10.1 Å². The number of carbonyl (C=O) groups excluding carboxylic acids is 1. The summed E-state index contributed by atoms with van der Waals surface area (Å²) < 4.78 is 5.95. The Kier molecular flexibility index (Phi) is 4.46. The van der Waals surface area contributed by atoms with Crippen molar-refractivity contribution in [3.8, 4) is 6.07 Å². The van der Waals surface area contributed by atoms with Crippen LogP contribution in [0.3, 0.4) is 0 Å². The molecule has 0 bridgehead atoms. The van der Waals surface area contributed by atoms with E-state index < -0.39 is 5.41 Å². The van der Waals surface area contributed by atoms with E-state index in [1.54, 1.807) is 11.9 Å². The first-order valence-electron chi connectivity index (χ1n) is 6.06. The second-order valence-corrected chi connectivity index (χ2v) is 6.47. The zero-order valence-corrected chi connectivity index (χ0v) is 12.3. The van der Waals surface area contributed by atoms with Crippen molar-refractivity contribution in [2.45, 2.75) is 19.4 Å². The first kappa shape index (κ1) is 14.3. The van der Waals surface area contributed by atoms with Crippen molar-refractivity contribution in [3.63, 3.8) is 0 Å². The third-order valence-corrected chi connectivity index (χ3v) is 4.55. The van der Waals surface area contributed by atoms with Gasteiger partial charge in [-0.15, -0.1) is 11.3 Å². The van der Waals surface area contributed by atoms with Gasteiger partial charge in [-0.2, -0.15) is 5.26 Å². The largest absolute Gasteiger partial charge is 0.381 e. The highest BCUT2D eigenvalue weighted by Crippen LogP contribution is 2.32. The van der Waals surface area contributed by atoms with Crippen molar-refractivity contribution >= 4 is 28.8 Å². The van der Waals surface area contributed by atoms with E-state index in [4.69, 9.17) is 16.3 Å². The maximum absolute atomic E-state index is 12.5. The summed E-state index contributed by atoms with van der Waals surface area (Å²) in [6.07, 6.45) is 0.940. The molecule has 1 aromatic heterocycles. The smallest absolute Gasteiger partial charge is 0.243 e. The summed E-state index contributed by atoms with van der Waals surface area (Å²) in [5.41, 5.74) is -0.923. The van der Waals surface area contributed by atoms with Crippen LogP contribution in [0.2, 0.25) is 4.34 Å². The van der Waals surface area contributed by atoms with Crippen LogP contribution in [0.5, 0.6) is 0 Å². The highest BCUT2D eigenvalue weighted by Gasteiger charge is 2.42. The first-order chi connectivity index (χ1) is 9.07. The van der Waals surface area contributed by atoms with Gasteiger partial charge in [-0.25, -0.2) is 0 Å². The Bertz CT molecular complexity index is 503. The molecule has 0 unspecified atom stereocenters. The Hall–Kier alpha value is -1.09. The minimum atomic E-state index is -0.923. The first-order valence-corrected chi connectivity index (χ1v) is 7.26. The Morgan fingerprint density at radius 3 is 2.79 bits per heavy atom. The summed E-state index contributed by atoms with van der Waals surface area (Å²) in [7, 11) is 1.73. The second-order valence-electron chi connectivity index (χ2n) is 4.67. The number of carbonyl (C=O) groups is 1. The van der Waals surface area contributed by atoms with E-state index in [-0.39, 0.29) is 5.91 Å². The number of nitriles is 1. The average molecular weight is 299 g/mol. The number of ether oxygens (including phenoxy) is 1. The van der Waals surface area contributed by atoms with Crippen molar-refractivity contribution in [2.75, 3.05) is 20.3 Å². The van der Waals surface area contributed by atoms with Crippen molar-refractivity contribution < 1.29 is 9.53 Å². The molecule has 0 radical (unpaired) electrons. The minimum Gasteiger partial charge on any atom is -0.381 e. The monoisotopic (exact) mass is 298 g/mol. The lowest BCUT2D eigenvalue weighted by atomic mass is 9.80.